The second-order valence-electron chi connectivity index (χ2n) is 10.2. The molecule has 1 saturated heterocycles. The monoisotopic (exact) mass is 464 g/mol. The van der Waals surface area contributed by atoms with Gasteiger partial charge in [-0.25, -0.2) is 9.59 Å². The van der Waals surface area contributed by atoms with E-state index in [2.05, 4.69) is 29.6 Å². The first-order valence-electron chi connectivity index (χ1n) is 11.8. The van der Waals surface area contributed by atoms with Crippen molar-refractivity contribution in [2.24, 2.45) is 5.41 Å². The Balaban J connectivity index is 1.41. The minimum Gasteiger partial charge on any atom is -0.480 e. The topological polar surface area (TPSA) is 95.9 Å². The SMILES string of the molecule is CC(C)(C)C(CC(=O)N1CCC[C@@H]1C(=O)O)NC(=O)OCC1c2ccccc2-c2ccccc21. The molecule has 2 aliphatic rings. The Morgan fingerprint density at radius 3 is 2.21 bits per heavy atom. The molecular formula is C27H32N2O5. The molecule has 2 aromatic carbocycles. The number of nitrogens with one attached hydrogen (secondary N) is 1. The second kappa shape index (κ2) is 9.49. The zero-order chi connectivity index (χ0) is 24.5. The molecule has 0 radical (unpaired) electrons. The van der Waals surface area contributed by atoms with Crippen LogP contribution in [0.15, 0.2) is 48.5 Å². The van der Waals surface area contributed by atoms with Crippen LogP contribution in [0.4, 0.5) is 4.79 Å². The fourth-order valence-corrected chi connectivity index (χ4v) is 4.97. The maximum atomic E-state index is 12.9. The number of rotatable bonds is 6. The molecule has 1 heterocycles. The van der Waals surface area contributed by atoms with Crippen molar-refractivity contribution in [2.45, 2.75) is 58.0 Å². The van der Waals surface area contributed by atoms with Gasteiger partial charge >= 0.3 is 12.1 Å². The molecule has 1 fully saturated rings. The van der Waals surface area contributed by atoms with E-state index >= 15 is 0 Å². The number of hydrogen-bond acceptors (Lipinski definition) is 4. The summed E-state index contributed by atoms with van der Waals surface area (Å²) >= 11 is 0. The van der Waals surface area contributed by atoms with Crippen LogP contribution in [-0.4, -0.2) is 53.2 Å². The van der Waals surface area contributed by atoms with Gasteiger partial charge in [0.1, 0.15) is 12.6 Å². The molecule has 2 atom stereocenters. The first kappa shape index (κ1) is 23.8. The summed E-state index contributed by atoms with van der Waals surface area (Å²) in [5, 5.41) is 12.3. The lowest BCUT2D eigenvalue weighted by atomic mass is 9.84. The molecule has 0 spiro atoms. The number of alkyl carbamates (subject to hydrolysis) is 1. The van der Waals surface area contributed by atoms with Crippen LogP contribution < -0.4 is 5.32 Å². The van der Waals surface area contributed by atoms with Crippen molar-refractivity contribution in [3.63, 3.8) is 0 Å². The van der Waals surface area contributed by atoms with E-state index in [1.165, 1.54) is 4.90 Å². The van der Waals surface area contributed by atoms with Crippen LogP contribution in [-0.2, 0) is 14.3 Å². The van der Waals surface area contributed by atoms with Crippen LogP contribution in [0.1, 0.15) is 57.1 Å². The number of benzene rings is 2. The average Bonchev–Trinajstić information content (AvgIpc) is 3.40. The number of fused-ring (bicyclic) bond motifs is 3. The normalized spacial score (nSPS) is 18.2. The molecule has 0 aromatic heterocycles. The van der Waals surface area contributed by atoms with Crippen molar-refractivity contribution in [3.05, 3.63) is 59.7 Å². The highest BCUT2D eigenvalue weighted by Gasteiger charge is 2.37. The first-order chi connectivity index (χ1) is 16.2. The number of hydrogen-bond donors (Lipinski definition) is 2. The van der Waals surface area contributed by atoms with Crippen molar-refractivity contribution in [3.8, 4) is 11.1 Å². The first-order valence-corrected chi connectivity index (χ1v) is 11.8. The summed E-state index contributed by atoms with van der Waals surface area (Å²) < 4.78 is 5.66. The average molecular weight is 465 g/mol. The number of carbonyl (C=O) groups is 3. The van der Waals surface area contributed by atoms with Crippen LogP contribution in [0, 0.1) is 5.41 Å². The Hall–Kier alpha value is -3.35. The minimum atomic E-state index is -0.984. The van der Waals surface area contributed by atoms with Crippen molar-refractivity contribution in [1.82, 2.24) is 10.2 Å². The van der Waals surface area contributed by atoms with E-state index in [0.717, 1.165) is 22.3 Å². The molecule has 0 bridgehead atoms. The number of carboxylic acids is 1. The number of nitrogens with zero attached hydrogens (tertiary/aromatic N) is 1. The highest BCUT2D eigenvalue weighted by atomic mass is 16.5. The van der Waals surface area contributed by atoms with Crippen LogP contribution in [0.5, 0.6) is 0 Å². The summed E-state index contributed by atoms with van der Waals surface area (Å²) in [5.74, 6) is -1.29. The summed E-state index contributed by atoms with van der Waals surface area (Å²) in [6.07, 6.45) is 0.576. The third-order valence-corrected chi connectivity index (χ3v) is 6.92. The Labute approximate surface area is 200 Å². The molecule has 2 amide bonds. The molecule has 4 rings (SSSR count). The molecule has 1 unspecified atom stereocenters. The van der Waals surface area contributed by atoms with E-state index < -0.39 is 29.6 Å². The van der Waals surface area contributed by atoms with Gasteiger partial charge in [-0.3, -0.25) is 4.79 Å². The highest BCUT2D eigenvalue weighted by Crippen LogP contribution is 2.44. The zero-order valence-corrected chi connectivity index (χ0v) is 19.9. The lowest BCUT2D eigenvalue weighted by Gasteiger charge is -2.33. The summed E-state index contributed by atoms with van der Waals surface area (Å²) in [4.78, 5) is 38.6. The number of ether oxygens (including phenoxy) is 1. The van der Waals surface area contributed by atoms with Gasteiger partial charge in [-0.15, -0.1) is 0 Å². The zero-order valence-electron chi connectivity index (χ0n) is 19.9. The van der Waals surface area contributed by atoms with Gasteiger partial charge in [-0.05, 0) is 40.5 Å². The van der Waals surface area contributed by atoms with E-state index in [-0.39, 0.29) is 24.9 Å². The summed E-state index contributed by atoms with van der Waals surface area (Å²) in [7, 11) is 0. The molecule has 7 nitrogen and oxygen atoms in total. The highest BCUT2D eigenvalue weighted by molar-refractivity contribution is 5.85. The van der Waals surface area contributed by atoms with Gasteiger partial charge in [0.25, 0.3) is 0 Å². The van der Waals surface area contributed by atoms with Crippen molar-refractivity contribution < 1.29 is 24.2 Å². The van der Waals surface area contributed by atoms with Gasteiger partial charge in [0.05, 0.1) is 0 Å². The van der Waals surface area contributed by atoms with E-state index in [0.29, 0.717) is 19.4 Å². The van der Waals surface area contributed by atoms with E-state index in [1.807, 2.05) is 45.0 Å². The molecule has 180 valence electrons. The molecule has 7 heteroatoms. The smallest absolute Gasteiger partial charge is 0.407 e. The molecule has 34 heavy (non-hydrogen) atoms. The van der Waals surface area contributed by atoms with Gasteiger partial charge in [0.2, 0.25) is 5.91 Å². The standard InChI is InChI=1S/C27H32N2O5/c1-27(2,3)23(15-24(30)29-14-8-13-22(29)25(31)32)28-26(33)34-16-21-19-11-6-4-9-17(19)18-10-5-7-12-20(18)21/h4-7,9-12,21-23H,8,13-16H2,1-3H3,(H,28,33)(H,31,32)/t22-,23?/m1/s1. The molecule has 2 aromatic rings. The third kappa shape index (κ3) is 4.79. The predicted molar refractivity (Wildman–Crippen MR) is 128 cm³/mol. The molecule has 1 aliphatic carbocycles. The van der Waals surface area contributed by atoms with E-state index in [4.69, 9.17) is 4.74 Å². The number of amides is 2. The minimum absolute atomic E-state index is 0.0253. The third-order valence-electron chi connectivity index (χ3n) is 6.92. The lowest BCUT2D eigenvalue weighted by Crippen LogP contribution is -2.49. The number of likely N-dealkylation sites (tertiary alicyclic amines) is 1. The number of aliphatic carboxylic acids is 1. The Morgan fingerprint density at radius 2 is 1.65 bits per heavy atom. The number of carboxylic acid groups (broad SMARTS) is 1. The summed E-state index contributed by atoms with van der Waals surface area (Å²) in [6.45, 7) is 6.43. The van der Waals surface area contributed by atoms with Crippen molar-refractivity contribution in [2.75, 3.05) is 13.2 Å². The second-order valence-corrected chi connectivity index (χ2v) is 10.2. The van der Waals surface area contributed by atoms with Crippen molar-refractivity contribution in [1.29, 1.82) is 0 Å². The summed E-state index contributed by atoms with van der Waals surface area (Å²) in [6, 6.07) is 15.0. The molecular weight excluding hydrogens is 432 g/mol. The van der Waals surface area contributed by atoms with Crippen LogP contribution in [0.25, 0.3) is 11.1 Å². The van der Waals surface area contributed by atoms with Crippen molar-refractivity contribution >= 4 is 18.0 Å². The largest absolute Gasteiger partial charge is 0.480 e. The van der Waals surface area contributed by atoms with E-state index in [9.17, 15) is 19.5 Å². The quantitative estimate of drug-likeness (QED) is 0.660. The Bertz CT molecular complexity index is 1040. The molecule has 1 aliphatic heterocycles. The van der Waals surface area contributed by atoms with Crippen LogP contribution >= 0.6 is 0 Å². The van der Waals surface area contributed by atoms with Crippen LogP contribution in [0.3, 0.4) is 0 Å². The Kier molecular flexibility index (Phi) is 6.64. The fourth-order valence-electron chi connectivity index (χ4n) is 4.97. The fraction of sp³-hybridized carbons (Fsp3) is 0.444. The molecule has 2 N–H and O–H groups in total. The van der Waals surface area contributed by atoms with E-state index in [1.54, 1.807) is 0 Å². The number of carbonyl (C=O) groups excluding carboxylic acids is 2. The van der Waals surface area contributed by atoms with Gasteiger partial charge in [-0.2, -0.15) is 0 Å². The molecule has 0 saturated carbocycles. The maximum Gasteiger partial charge on any atom is 0.407 e. The van der Waals surface area contributed by atoms with Gasteiger partial charge in [-0.1, -0.05) is 69.3 Å². The summed E-state index contributed by atoms with van der Waals surface area (Å²) in [5.41, 5.74) is 4.16. The van der Waals surface area contributed by atoms with Gasteiger partial charge in [0, 0.05) is 24.9 Å². The van der Waals surface area contributed by atoms with Crippen LogP contribution in [0.2, 0.25) is 0 Å². The van der Waals surface area contributed by atoms with Gasteiger partial charge < -0.3 is 20.1 Å². The Morgan fingerprint density at radius 1 is 1.06 bits per heavy atom. The lowest BCUT2D eigenvalue weighted by molar-refractivity contribution is -0.148. The maximum absolute atomic E-state index is 12.9. The van der Waals surface area contributed by atoms with Gasteiger partial charge in [0.15, 0.2) is 0 Å². The predicted octanol–water partition coefficient (Wildman–Crippen LogP) is 4.41.